The molecule has 0 amide bonds. The van der Waals surface area contributed by atoms with Crippen molar-refractivity contribution in [2.75, 3.05) is 0 Å². The normalized spacial score (nSPS) is 17.1. The Kier molecular flexibility index (Phi) is 6.43. The van der Waals surface area contributed by atoms with E-state index in [2.05, 4.69) is 113 Å². The minimum atomic E-state index is 0.655. The van der Waals surface area contributed by atoms with Crippen molar-refractivity contribution in [3.8, 4) is 16.9 Å². The van der Waals surface area contributed by atoms with Gasteiger partial charge in [0, 0.05) is 34.4 Å². The van der Waals surface area contributed by atoms with Crippen LogP contribution in [0.5, 0.6) is 0 Å². The zero-order chi connectivity index (χ0) is 28.2. The van der Waals surface area contributed by atoms with Crippen LogP contribution in [0.15, 0.2) is 85.3 Å². The zero-order valence-electron chi connectivity index (χ0n) is 25.2. The van der Waals surface area contributed by atoms with Gasteiger partial charge in [-0.2, -0.15) is 4.40 Å². The SMILES string of the molecule is Cc1cccc2c3cc(-n4cccc4)ccc3n3c(-c4c(C5CCCCC5)cccc4C4CCCCC4)c[n+](C)c3c12. The fraction of sp³-hybridized carbons (Fsp3) is 0.359. The fourth-order valence-electron chi connectivity index (χ4n) is 8.47. The molecule has 3 heteroatoms. The average Bonchev–Trinajstić information content (AvgIpc) is 3.70. The molecule has 2 aliphatic carbocycles. The molecule has 0 aliphatic heterocycles. The molecule has 6 aromatic rings. The van der Waals surface area contributed by atoms with E-state index in [-0.39, 0.29) is 0 Å². The smallest absolute Gasteiger partial charge is 0.295 e. The molecule has 42 heavy (non-hydrogen) atoms. The van der Waals surface area contributed by atoms with Crippen molar-refractivity contribution in [3.05, 3.63) is 102 Å². The van der Waals surface area contributed by atoms with Crippen LogP contribution in [0.25, 0.3) is 44.3 Å². The van der Waals surface area contributed by atoms with Gasteiger partial charge in [0.05, 0.1) is 12.4 Å². The Morgan fingerprint density at radius 1 is 0.690 bits per heavy atom. The Labute approximate surface area is 249 Å². The first kappa shape index (κ1) is 25.8. The Bertz CT molecular complexity index is 1880. The molecule has 3 aromatic carbocycles. The maximum Gasteiger partial charge on any atom is 0.295 e. The van der Waals surface area contributed by atoms with E-state index in [0.717, 1.165) is 0 Å². The van der Waals surface area contributed by atoms with E-state index in [4.69, 9.17) is 0 Å². The van der Waals surface area contributed by atoms with Crippen molar-refractivity contribution in [1.29, 1.82) is 0 Å². The summed E-state index contributed by atoms with van der Waals surface area (Å²) in [5.74, 6) is 1.31. The number of aryl methyl sites for hydroxylation is 2. The number of nitrogens with zero attached hydrogens (tertiary/aromatic N) is 3. The van der Waals surface area contributed by atoms with Crippen LogP contribution in [0.4, 0.5) is 0 Å². The summed E-state index contributed by atoms with van der Waals surface area (Å²) >= 11 is 0. The molecule has 3 aromatic heterocycles. The van der Waals surface area contributed by atoms with Gasteiger partial charge in [-0.1, -0.05) is 74.9 Å². The number of rotatable bonds is 4. The highest BCUT2D eigenvalue weighted by Crippen LogP contribution is 2.46. The van der Waals surface area contributed by atoms with E-state index < -0.39 is 0 Å². The number of hydrogen-bond acceptors (Lipinski definition) is 0. The van der Waals surface area contributed by atoms with Crippen LogP contribution in [-0.2, 0) is 7.05 Å². The lowest BCUT2D eigenvalue weighted by molar-refractivity contribution is -0.643. The standard InChI is InChI=1S/C39H42N3/c1-27-13-11-20-33-34-25-30(41-23-9-10-24-41)21-22-35(34)42-36(26-40(2)39(42)37(27)33)38-31(28-14-5-3-6-15-28)18-12-19-32(38)29-16-7-4-8-17-29/h9-13,18-26,28-29H,3-8,14-17H2,1-2H3/q+1. The molecule has 212 valence electrons. The van der Waals surface area contributed by atoms with Crippen molar-refractivity contribution in [1.82, 2.24) is 8.97 Å². The van der Waals surface area contributed by atoms with E-state index in [1.807, 2.05) is 0 Å². The summed E-state index contributed by atoms with van der Waals surface area (Å²) in [7, 11) is 2.26. The van der Waals surface area contributed by atoms with Gasteiger partial charge in [0.1, 0.15) is 11.7 Å². The molecule has 2 saturated carbocycles. The lowest BCUT2D eigenvalue weighted by Gasteiger charge is -2.29. The van der Waals surface area contributed by atoms with Crippen LogP contribution in [0, 0.1) is 6.92 Å². The summed E-state index contributed by atoms with van der Waals surface area (Å²) in [6, 6.07) is 25.4. The van der Waals surface area contributed by atoms with Gasteiger partial charge in [-0.05, 0) is 91.5 Å². The summed E-state index contributed by atoms with van der Waals surface area (Å²) in [5, 5.41) is 4.01. The van der Waals surface area contributed by atoms with Gasteiger partial charge in [0.2, 0.25) is 0 Å². The highest BCUT2D eigenvalue weighted by Gasteiger charge is 2.31. The van der Waals surface area contributed by atoms with Crippen LogP contribution in [0.3, 0.4) is 0 Å². The molecule has 2 fully saturated rings. The second-order valence-electron chi connectivity index (χ2n) is 13.1. The molecule has 8 rings (SSSR count). The summed E-state index contributed by atoms with van der Waals surface area (Å²) in [5.41, 5.74) is 11.2. The molecule has 0 spiro atoms. The van der Waals surface area contributed by atoms with Crippen molar-refractivity contribution in [3.63, 3.8) is 0 Å². The molecule has 0 unspecified atom stereocenters. The number of benzene rings is 3. The minimum absolute atomic E-state index is 0.655. The maximum absolute atomic E-state index is 2.62. The Morgan fingerprint density at radius 3 is 2.00 bits per heavy atom. The predicted molar refractivity (Wildman–Crippen MR) is 175 cm³/mol. The monoisotopic (exact) mass is 552 g/mol. The summed E-state index contributed by atoms with van der Waals surface area (Å²) in [6.45, 7) is 2.28. The number of hydrogen-bond donors (Lipinski definition) is 0. The first-order chi connectivity index (χ1) is 20.7. The van der Waals surface area contributed by atoms with Crippen LogP contribution in [0.2, 0.25) is 0 Å². The van der Waals surface area contributed by atoms with Crippen LogP contribution in [0.1, 0.15) is 92.7 Å². The summed E-state index contributed by atoms with van der Waals surface area (Å²) in [4.78, 5) is 0. The van der Waals surface area contributed by atoms with Gasteiger partial charge in [-0.3, -0.25) is 0 Å². The number of pyridine rings is 1. The highest BCUT2D eigenvalue weighted by atomic mass is 15.1. The number of fused-ring (bicyclic) bond motifs is 6. The Morgan fingerprint density at radius 2 is 1.33 bits per heavy atom. The van der Waals surface area contributed by atoms with Gasteiger partial charge >= 0.3 is 0 Å². The van der Waals surface area contributed by atoms with Gasteiger partial charge in [0.15, 0.2) is 5.69 Å². The zero-order valence-corrected chi connectivity index (χ0v) is 25.2. The highest BCUT2D eigenvalue weighted by molar-refractivity contribution is 6.13. The molecular formula is C39H42N3+. The summed E-state index contributed by atoms with van der Waals surface area (Å²) < 4.78 is 7.26. The molecule has 0 radical (unpaired) electrons. The number of aromatic nitrogens is 3. The summed E-state index contributed by atoms with van der Waals surface area (Å²) in [6.07, 6.45) is 20.2. The van der Waals surface area contributed by atoms with Crippen molar-refractivity contribution in [2.45, 2.75) is 83.0 Å². The van der Waals surface area contributed by atoms with Crippen molar-refractivity contribution < 1.29 is 4.57 Å². The second kappa shape index (κ2) is 10.5. The van der Waals surface area contributed by atoms with Gasteiger partial charge < -0.3 is 4.57 Å². The maximum atomic E-state index is 2.62. The first-order valence-electron chi connectivity index (χ1n) is 16.3. The third-order valence-corrected chi connectivity index (χ3v) is 10.5. The molecule has 0 N–H and O–H groups in total. The van der Waals surface area contributed by atoms with Gasteiger partial charge in [0.25, 0.3) is 5.65 Å². The van der Waals surface area contributed by atoms with Crippen LogP contribution >= 0.6 is 0 Å². The Hall–Kier alpha value is -3.85. The van der Waals surface area contributed by atoms with Crippen molar-refractivity contribution >= 4 is 27.3 Å². The van der Waals surface area contributed by atoms with E-state index >= 15 is 0 Å². The molecule has 0 atom stereocenters. The predicted octanol–water partition coefficient (Wildman–Crippen LogP) is 9.93. The van der Waals surface area contributed by atoms with Gasteiger partial charge in [-0.15, -0.1) is 0 Å². The van der Waals surface area contributed by atoms with E-state index in [9.17, 15) is 0 Å². The Balaban J connectivity index is 1.49. The molecule has 3 heterocycles. The lowest BCUT2D eigenvalue weighted by atomic mass is 9.76. The topological polar surface area (TPSA) is 13.2 Å². The van der Waals surface area contributed by atoms with Crippen molar-refractivity contribution in [2.24, 2.45) is 7.05 Å². The van der Waals surface area contributed by atoms with Gasteiger partial charge in [-0.25, -0.2) is 4.57 Å². The second-order valence-corrected chi connectivity index (χ2v) is 13.1. The van der Waals surface area contributed by atoms with E-state index in [1.54, 1.807) is 11.1 Å². The molecular weight excluding hydrogens is 510 g/mol. The number of imidazole rings is 1. The largest absolute Gasteiger partial charge is 0.324 e. The molecule has 0 bridgehead atoms. The fourth-order valence-corrected chi connectivity index (χ4v) is 8.47. The third kappa shape index (κ3) is 4.12. The molecule has 3 nitrogen and oxygen atoms in total. The average molecular weight is 553 g/mol. The van der Waals surface area contributed by atoms with E-state index in [0.29, 0.717) is 11.8 Å². The lowest BCUT2D eigenvalue weighted by Crippen LogP contribution is -2.26. The van der Waals surface area contributed by atoms with Crippen LogP contribution in [-0.4, -0.2) is 8.97 Å². The quantitative estimate of drug-likeness (QED) is 0.153. The molecule has 0 saturated heterocycles. The first-order valence-corrected chi connectivity index (χ1v) is 16.3. The minimum Gasteiger partial charge on any atom is -0.324 e. The third-order valence-electron chi connectivity index (χ3n) is 10.5. The van der Waals surface area contributed by atoms with Crippen LogP contribution < -0.4 is 4.57 Å². The van der Waals surface area contributed by atoms with E-state index in [1.165, 1.54) is 114 Å². The molecule has 2 aliphatic rings.